The zero-order valence-corrected chi connectivity index (χ0v) is 12.1. The van der Waals surface area contributed by atoms with Gasteiger partial charge < -0.3 is 10.5 Å². The summed E-state index contributed by atoms with van der Waals surface area (Å²) in [4.78, 5) is 4.76. The van der Waals surface area contributed by atoms with Crippen LogP contribution in [-0.2, 0) is 16.8 Å². The number of aryl methyl sites for hydroxylation is 1. The van der Waals surface area contributed by atoms with Gasteiger partial charge in [-0.2, -0.15) is 0 Å². The standard InChI is InChI=1S/C15H18N2O.ClH/c1-15(18-2)9-5-8-12-13(15)14(16)10-6-3-4-7-11(10)17-12;/h3-4,6-7H,5,8-9H2,1-2H3,(H2,16,17);1H. The van der Waals surface area contributed by atoms with Crippen LogP contribution in [0.2, 0.25) is 0 Å². The van der Waals surface area contributed by atoms with Gasteiger partial charge >= 0.3 is 0 Å². The van der Waals surface area contributed by atoms with Crippen LogP contribution in [0.25, 0.3) is 10.9 Å². The fourth-order valence-corrected chi connectivity index (χ4v) is 2.98. The van der Waals surface area contributed by atoms with Gasteiger partial charge in [0.05, 0.1) is 11.1 Å². The van der Waals surface area contributed by atoms with E-state index in [1.807, 2.05) is 24.3 Å². The highest BCUT2D eigenvalue weighted by Crippen LogP contribution is 2.42. The maximum Gasteiger partial charge on any atom is 0.0937 e. The Morgan fingerprint density at radius 1 is 1.32 bits per heavy atom. The number of aromatic nitrogens is 1. The van der Waals surface area contributed by atoms with Crippen LogP contribution >= 0.6 is 12.4 Å². The largest absolute Gasteiger partial charge is 0.398 e. The summed E-state index contributed by atoms with van der Waals surface area (Å²) in [5, 5.41) is 1.03. The predicted octanol–water partition coefficient (Wildman–Crippen LogP) is 3.44. The molecule has 2 N–H and O–H groups in total. The number of halogens is 1. The molecule has 0 spiro atoms. The van der Waals surface area contributed by atoms with Crippen molar-refractivity contribution >= 4 is 29.0 Å². The Bertz CT molecular complexity index is 614. The molecule has 0 bridgehead atoms. The van der Waals surface area contributed by atoms with Crippen molar-refractivity contribution in [3.05, 3.63) is 35.5 Å². The van der Waals surface area contributed by atoms with E-state index in [1.54, 1.807) is 7.11 Å². The first kappa shape index (κ1) is 14.1. The van der Waals surface area contributed by atoms with Crippen molar-refractivity contribution in [1.29, 1.82) is 0 Å². The number of hydrogen-bond acceptors (Lipinski definition) is 3. The molecule has 4 heteroatoms. The molecule has 1 aromatic carbocycles. The Labute approximate surface area is 119 Å². The van der Waals surface area contributed by atoms with E-state index in [1.165, 1.54) is 0 Å². The highest BCUT2D eigenvalue weighted by Gasteiger charge is 2.35. The summed E-state index contributed by atoms with van der Waals surface area (Å²) >= 11 is 0. The smallest absolute Gasteiger partial charge is 0.0937 e. The van der Waals surface area contributed by atoms with Crippen molar-refractivity contribution in [3.8, 4) is 0 Å². The summed E-state index contributed by atoms with van der Waals surface area (Å²) in [7, 11) is 1.75. The van der Waals surface area contributed by atoms with Crippen LogP contribution in [0.1, 0.15) is 31.0 Å². The predicted molar refractivity (Wildman–Crippen MR) is 80.7 cm³/mol. The fraction of sp³-hybridized carbons (Fsp3) is 0.400. The van der Waals surface area contributed by atoms with E-state index in [0.29, 0.717) is 0 Å². The molecule has 102 valence electrons. The number of para-hydroxylation sites is 1. The molecular weight excluding hydrogens is 260 g/mol. The Morgan fingerprint density at radius 3 is 2.79 bits per heavy atom. The second-order valence-electron chi connectivity index (χ2n) is 5.15. The van der Waals surface area contributed by atoms with Gasteiger partial charge in [-0.3, -0.25) is 4.98 Å². The maximum absolute atomic E-state index is 6.37. The molecule has 0 fully saturated rings. The molecule has 1 aromatic heterocycles. The third-order valence-electron chi connectivity index (χ3n) is 4.05. The molecule has 3 nitrogen and oxygen atoms in total. The van der Waals surface area contributed by atoms with E-state index < -0.39 is 0 Å². The van der Waals surface area contributed by atoms with Gasteiger partial charge in [-0.05, 0) is 32.3 Å². The number of rotatable bonds is 1. The lowest BCUT2D eigenvalue weighted by atomic mass is 9.81. The Hall–Kier alpha value is -1.32. The van der Waals surface area contributed by atoms with Crippen molar-refractivity contribution < 1.29 is 4.74 Å². The number of fused-ring (bicyclic) bond motifs is 2. The molecule has 0 saturated carbocycles. The van der Waals surface area contributed by atoms with Gasteiger partial charge in [0, 0.05) is 29.4 Å². The molecule has 0 aliphatic heterocycles. The summed E-state index contributed by atoms with van der Waals surface area (Å²) in [6.45, 7) is 2.11. The summed E-state index contributed by atoms with van der Waals surface area (Å²) in [5.74, 6) is 0. The molecule has 3 rings (SSSR count). The highest BCUT2D eigenvalue weighted by atomic mass is 35.5. The zero-order valence-electron chi connectivity index (χ0n) is 11.3. The average Bonchev–Trinajstić information content (AvgIpc) is 2.39. The van der Waals surface area contributed by atoms with Crippen molar-refractivity contribution in [3.63, 3.8) is 0 Å². The molecule has 19 heavy (non-hydrogen) atoms. The monoisotopic (exact) mass is 278 g/mol. The Kier molecular flexibility index (Phi) is 3.70. The van der Waals surface area contributed by atoms with E-state index in [4.69, 9.17) is 15.5 Å². The number of nitrogen functional groups attached to an aromatic ring is 1. The highest BCUT2D eigenvalue weighted by molar-refractivity contribution is 5.92. The van der Waals surface area contributed by atoms with Crippen LogP contribution in [0.5, 0.6) is 0 Å². The van der Waals surface area contributed by atoms with Gasteiger partial charge in [0.15, 0.2) is 0 Å². The normalized spacial score (nSPS) is 21.8. The number of hydrogen-bond donors (Lipinski definition) is 1. The second-order valence-corrected chi connectivity index (χ2v) is 5.15. The number of methoxy groups -OCH3 is 1. The summed E-state index contributed by atoms with van der Waals surface area (Å²) in [6.07, 6.45) is 3.09. The Morgan fingerprint density at radius 2 is 2.05 bits per heavy atom. The van der Waals surface area contributed by atoms with Crippen molar-refractivity contribution in [2.75, 3.05) is 12.8 Å². The molecule has 1 heterocycles. The maximum atomic E-state index is 6.37. The lowest BCUT2D eigenvalue weighted by molar-refractivity contribution is -0.0122. The molecule has 1 atom stereocenters. The van der Waals surface area contributed by atoms with Gasteiger partial charge in [-0.25, -0.2) is 0 Å². The molecule has 0 saturated heterocycles. The van der Waals surface area contributed by atoms with Crippen LogP contribution in [-0.4, -0.2) is 12.1 Å². The number of ether oxygens (including phenoxy) is 1. The van der Waals surface area contributed by atoms with Gasteiger partial charge in [0.1, 0.15) is 0 Å². The van der Waals surface area contributed by atoms with E-state index >= 15 is 0 Å². The van der Waals surface area contributed by atoms with Crippen molar-refractivity contribution in [2.24, 2.45) is 0 Å². The SMILES string of the molecule is COC1(C)CCCc2nc3ccccc3c(N)c21.Cl. The molecular formula is C15H19ClN2O. The minimum absolute atomic E-state index is 0. The van der Waals surface area contributed by atoms with E-state index in [-0.39, 0.29) is 18.0 Å². The topological polar surface area (TPSA) is 48.1 Å². The quantitative estimate of drug-likeness (QED) is 0.869. The van der Waals surface area contributed by atoms with Crippen molar-refractivity contribution in [1.82, 2.24) is 4.98 Å². The third kappa shape index (κ3) is 2.07. The molecule has 0 amide bonds. The van der Waals surface area contributed by atoms with Gasteiger partial charge in [-0.1, -0.05) is 18.2 Å². The molecule has 0 radical (unpaired) electrons. The van der Waals surface area contributed by atoms with Crippen LogP contribution < -0.4 is 5.73 Å². The second kappa shape index (κ2) is 4.99. The lowest BCUT2D eigenvalue weighted by Gasteiger charge is -2.35. The number of nitrogens with zero attached hydrogens (tertiary/aromatic N) is 1. The van der Waals surface area contributed by atoms with Gasteiger partial charge in [0.25, 0.3) is 0 Å². The summed E-state index contributed by atoms with van der Waals surface area (Å²) in [6, 6.07) is 8.05. The minimum atomic E-state index is -0.297. The van der Waals surface area contributed by atoms with Gasteiger partial charge in [0.2, 0.25) is 0 Å². The van der Waals surface area contributed by atoms with E-state index in [0.717, 1.165) is 47.1 Å². The first-order chi connectivity index (χ1) is 8.65. The molecule has 2 aromatic rings. The fourth-order valence-electron chi connectivity index (χ4n) is 2.98. The third-order valence-corrected chi connectivity index (χ3v) is 4.05. The first-order valence-corrected chi connectivity index (χ1v) is 6.38. The van der Waals surface area contributed by atoms with E-state index in [2.05, 4.69) is 6.92 Å². The molecule has 1 aliphatic carbocycles. The van der Waals surface area contributed by atoms with Crippen LogP contribution in [0.4, 0.5) is 5.69 Å². The average molecular weight is 279 g/mol. The zero-order chi connectivity index (χ0) is 12.8. The first-order valence-electron chi connectivity index (χ1n) is 6.38. The van der Waals surface area contributed by atoms with Crippen LogP contribution in [0, 0.1) is 0 Å². The van der Waals surface area contributed by atoms with Crippen LogP contribution in [0.3, 0.4) is 0 Å². The van der Waals surface area contributed by atoms with E-state index in [9.17, 15) is 0 Å². The van der Waals surface area contributed by atoms with Gasteiger partial charge in [-0.15, -0.1) is 12.4 Å². The summed E-state index contributed by atoms with van der Waals surface area (Å²) in [5.41, 5.74) is 10.1. The number of anilines is 1. The minimum Gasteiger partial charge on any atom is -0.398 e. The number of nitrogens with two attached hydrogens (primary N) is 1. The van der Waals surface area contributed by atoms with Crippen molar-refractivity contribution in [2.45, 2.75) is 31.8 Å². The van der Waals surface area contributed by atoms with Crippen LogP contribution in [0.15, 0.2) is 24.3 Å². The lowest BCUT2D eigenvalue weighted by Crippen LogP contribution is -2.31. The molecule has 1 unspecified atom stereocenters. The summed E-state index contributed by atoms with van der Waals surface area (Å²) < 4.78 is 5.71. The molecule has 1 aliphatic rings. The number of benzene rings is 1. The Balaban J connectivity index is 0.00000133. The number of pyridine rings is 1.